The van der Waals surface area contributed by atoms with Crippen molar-refractivity contribution in [2.24, 2.45) is 0 Å². The number of amides is 1. The standard InChI is InChI=1S/C17H22N4O3S3/c1-11(2)25-17-20-19-16(26-17)18-15(22)13-7-6-12(3)14(10-13)27(23,24)21-8-4-5-9-21/h6-7,10-11H,4-5,8-9H2,1-3H3,(H,18,19,22). The highest BCUT2D eigenvalue weighted by Gasteiger charge is 2.29. The summed E-state index contributed by atoms with van der Waals surface area (Å²) in [4.78, 5) is 12.8. The van der Waals surface area contributed by atoms with E-state index in [9.17, 15) is 13.2 Å². The fourth-order valence-electron chi connectivity index (χ4n) is 2.77. The van der Waals surface area contributed by atoms with Gasteiger partial charge in [-0.1, -0.05) is 43.0 Å². The first-order valence-electron chi connectivity index (χ1n) is 8.69. The van der Waals surface area contributed by atoms with Crippen LogP contribution in [0.25, 0.3) is 0 Å². The van der Waals surface area contributed by atoms with Gasteiger partial charge in [0.2, 0.25) is 15.2 Å². The van der Waals surface area contributed by atoms with Crippen LogP contribution in [0.4, 0.5) is 5.13 Å². The van der Waals surface area contributed by atoms with E-state index in [1.165, 1.54) is 21.7 Å². The van der Waals surface area contributed by atoms with Crippen LogP contribution in [0.5, 0.6) is 0 Å². The minimum Gasteiger partial charge on any atom is -0.296 e. The Morgan fingerprint density at radius 2 is 1.96 bits per heavy atom. The molecule has 1 aliphatic rings. The molecule has 1 saturated heterocycles. The summed E-state index contributed by atoms with van der Waals surface area (Å²) in [5.74, 6) is -0.398. The van der Waals surface area contributed by atoms with Gasteiger partial charge in [0.1, 0.15) is 0 Å². The topological polar surface area (TPSA) is 92.3 Å². The van der Waals surface area contributed by atoms with Crippen LogP contribution in [-0.2, 0) is 10.0 Å². The molecule has 1 aromatic carbocycles. The van der Waals surface area contributed by atoms with Crippen molar-refractivity contribution >= 4 is 44.2 Å². The molecule has 0 atom stereocenters. The number of carbonyl (C=O) groups is 1. The van der Waals surface area contributed by atoms with Gasteiger partial charge >= 0.3 is 0 Å². The van der Waals surface area contributed by atoms with Crippen molar-refractivity contribution in [3.8, 4) is 0 Å². The Kier molecular flexibility index (Phi) is 6.19. The zero-order valence-electron chi connectivity index (χ0n) is 15.4. The first kappa shape index (κ1) is 20.2. The Balaban J connectivity index is 1.80. The number of benzene rings is 1. The van der Waals surface area contributed by atoms with E-state index in [4.69, 9.17) is 0 Å². The Bertz CT molecular complexity index is 935. The van der Waals surface area contributed by atoms with Gasteiger partial charge in [-0.15, -0.1) is 10.2 Å². The molecule has 0 spiro atoms. The van der Waals surface area contributed by atoms with E-state index in [-0.39, 0.29) is 10.5 Å². The third-order valence-corrected chi connectivity index (χ3v) is 8.06. The Labute approximate surface area is 167 Å². The molecule has 10 heteroatoms. The van der Waals surface area contributed by atoms with Gasteiger partial charge in [0.25, 0.3) is 5.91 Å². The molecular weight excluding hydrogens is 404 g/mol. The third kappa shape index (κ3) is 4.68. The maximum atomic E-state index is 12.9. The maximum Gasteiger partial charge on any atom is 0.257 e. The van der Waals surface area contributed by atoms with Crippen molar-refractivity contribution in [3.63, 3.8) is 0 Å². The normalized spacial score (nSPS) is 15.4. The second kappa shape index (κ2) is 8.26. The SMILES string of the molecule is Cc1ccc(C(=O)Nc2nnc(SC(C)C)s2)cc1S(=O)(=O)N1CCCC1. The average Bonchev–Trinajstić information content (AvgIpc) is 3.27. The molecule has 0 saturated carbocycles. The molecule has 0 aliphatic carbocycles. The van der Waals surface area contributed by atoms with E-state index < -0.39 is 15.9 Å². The highest BCUT2D eigenvalue weighted by Crippen LogP contribution is 2.29. The van der Waals surface area contributed by atoms with Crippen molar-refractivity contribution < 1.29 is 13.2 Å². The molecule has 1 amide bonds. The molecule has 1 aromatic heterocycles. The monoisotopic (exact) mass is 426 g/mol. The summed E-state index contributed by atoms with van der Waals surface area (Å²) < 4.78 is 28.0. The Morgan fingerprint density at radius 1 is 1.26 bits per heavy atom. The minimum atomic E-state index is -3.58. The molecule has 146 valence electrons. The van der Waals surface area contributed by atoms with E-state index in [1.807, 2.05) is 0 Å². The van der Waals surface area contributed by atoms with Gasteiger partial charge in [-0.2, -0.15) is 4.31 Å². The third-order valence-electron chi connectivity index (χ3n) is 4.10. The number of nitrogens with zero attached hydrogens (tertiary/aromatic N) is 3. The van der Waals surface area contributed by atoms with Crippen molar-refractivity contribution in [2.75, 3.05) is 18.4 Å². The predicted molar refractivity (Wildman–Crippen MR) is 108 cm³/mol. The number of aromatic nitrogens is 2. The maximum absolute atomic E-state index is 12.9. The average molecular weight is 427 g/mol. The first-order chi connectivity index (χ1) is 12.8. The fraction of sp³-hybridized carbons (Fsp3) is 0.471. The summed E-state index contributed by atoms with van der Waals surface area (Å²) in [5.41, 5.74) is 0.914. The van der Waals surface area contributed by atoms with Crippen LogP contribution in [-0.4, -0.2) is 47.2 Å². The molecule has 1 fully saturated rings. The smallest absolute Gasteiger partial charge is 0.257 e. The van der Waals surface area contributed by atoms with Gasteiger partial charge in [-0.25, -0.2) is 8.42 Å². The number of thioether (sulfide) groups is 1. The first-order valence-corrected chi connectivity index (χ1v) is 11.8. The van der Waals surface area contributed by atoms with Crippen LogP contribution >= 0.6 is 23.1 Å². The van der Waals surface area contributed by atoms with Crippen molar-refractivity contribution in [3.05, 3.63) is 29.3 Å². The van der Waals surface area contributed by atoms with E-state index in [1.54, 1.807) is 30.8 Å². The molecule has 1 aliphatic heterocycles. The molecule has 1 N–H and O–H groups in total. The van der Waals surface area contributed by atoms with Gasteiger partial charge in [-0.3, -0.25) is 10.1 Å². The van der Waals surface area contributed by atoms with Gasteiger partial charge in [0, 0.05) is 23.9 Å². The molecule has 2 heterocycles. The lowest BCUT2D eigenvalue weighted by Crippen LogP contribution is -2.28. The van der Waals surface area contributed by atoms with E-state index >= 15 is 0 Å². The second-order valence-electron chi connectivity index (χ2n) is 6.59. The summed E-state index contributed by atoms with van der Waals surface area (Å²) in [6.07, 6.45) is 1.73. The Morgan fingerprint density at radius 3 is 2.63 bits per heavy atom. The molecule has 7 nitrogen and oxygen atoms in total. The lowest BCUT2D eigenvalue weighted by Gasteiger charge is -2.17. The predicted octanol–water partition coefficient (Wildman–Crippen LogP) is 3.38. The molecule has 0 radical (unpaired) electrons. The number of nitrogens with one attached hydrogen (secondary N) is 1. The number of carbonyl (C=O) groups excluding carboxylic acids is 1. The highest BCUT2D eigenvalue weighted by atomic mass is 32.2. The van der Waals surface area contributed by atoms with E-state index in [2.05, 4.69) is 29.4 Å². The van der Waals surface area contributed by atoms with Crippen LogP contribution in [0.3, 0.4) is 0 Å². The van der Waals surface area contributed by atoms with Crippen LogP contribution in [0.2, 0.25) is 0 Å². The van der Waals surface area contributed by atoms with E-state index in [0.717, 1.165) is 17.2 Å². The molecule has 27 heavy (non-hydrogen) atoms. The largest absolute Gasteiger partial charge is 0.296 e. The lowest BCUT2D eigenvalue weighted by molar-refractivity contribution is 0.102. The molecule has 0 bridgehead atoms. The van der Waals surface area contributed by atoms with Crippen LogP contribution in [0.15, 0.2) is 27.4 Å². The molecule has 3 rings (SSSR count). The van der Waals surface area contributed by atoms with Gasteiger partial charge in [0.15, 0.2) is 4.34 Å². The molecule has 2 aromatic rings. The zero-order valence-corrected chi connectivity index (χ0v) is 17.9. The van der Waals surface area contributed by atoms with E-state index in [0.29, 0.717) is 29.0 Å². The summed E-state index contributed by atoms with van der Waals surface area (Å²) in [5, 5.41) is 11.5. The number of sulfonamides is 1. The number of aryl methyl sites for hydroxylation is 1. The fourth-order valence-corrected chi connectivity index (χ4v) is 6.50. The van der Waals surface area contributed by atoms with Crippen molar-refractivity contribution in [2.45, 2.75) is 48.1 Å². The quantitative estimate of drug-likeness (QED) is 0.562. The van der Waals surface area contributed by atoms with Gasteiger partial charge in [0.05, 0.1) is 4.90 Å². The number of hydrogen-bond acceptors (Lipinski definition) is 7. The lowest BCUT2D eigenvalue weighted by atomic mass is 10.1. The summed E-state index contributed by atoms with van der Waals surface area (Å²) in [6.45, 7) is 6.90. The van der Waals surface area contributed by atoms with Crippen LogP contribution in [0.1, 0.15) is 42.6 Å². The number of anilines is 1. The number of rotatable bonds is 6. The van der Waals surface area contributed by atoms with Crippen molar-refractivity contribution in [1.82, 2.24) is 14.5 Å². The molecule has 0 unspecified atom stereocenters. The van der Waals surface area contributed by atoms with Gasteiger partial charge < -0.3 is 0 Å². The Hall–Kier alpha value is -1.49. The zero-order chi connectivity index (χ0) is 19.6. The van der Waals surface area contributed by atoms with Crippen LogP contribution < -0.4 is 5.32 Å². The van der Waals surface area contributed by atoms with Crippen LogP contribution in [0, 0.1) is 6.92 Å². The summed E-state index contributed by atoms with van der Waals surface area (Å²) in [6, 6.07) is 4.74. The second-order valence-corrected chi connectivity index (χ2v) is 11.3. The van der Waals surface area contributed by atoms with Crippen molar-refractivity contribution in [1.29, 1.82) is 0 Å². The summed E-state index contributed by atoms with van der Waals surface area (Å²) in [7, 11) is -3.58. The number of hydrogen-bond donors (Lipinski definition) is 1. The van der Waals surface area contributed by atoms with Gasteiger partial charge in [-0.05, 0) is 37.5 Å². The highest BCUT2D eigenvalue weighted by molar-refractivity contribution is 8.01. The molecular formula is C17H22N4O3S3. The summed E-state index contributed by atoms with van der Waals surface area (Å²) >= 11 is 2.87. The minimum absolute atomic E-state index is 0.186.